The molecule has 0 aromatic heterocycles. The minimum absolute atomic E-state index is 0.287. The van der Waals surface area contributed by atoms with Gasteiger partial charge >= 0.3 is 5.97 Å². The van der Waals surface area contributed by atoms with Gasteiger partial charge in [-0.2, -0.15) is 0 Å². The van der Waals surface area contributed by atoms with E-state index in [1.807, 2.05) is 18.2 Å². The van der Waals surface area contributed by atoms with Crippen LogP contribution < -0.4 is 4.74 Å². The summed E-state index contributed by atoms with van der Waals surface area (Å²) in [7, 11) is 0. The monoisotopic (exact) mass is 208 g/mol. The largest absolute Gasteiger partial charge is 0.482 e. The van der Waals surface area contributed by atoms with E-state index in [4.69, 9.17) is 9.84 Å². The van der Waals surface area contributed by atoms with E-state index in [-0.39, 0.29) is 6.61 Å². The highest BCUT2D eigenvalue weighted by atomic mass is 16.5. The van der Waals surface area contributed by atoms with Crippen LogP contribution in [0.4, 0.5) is 0 Å². The molecule has 0 aliphatic heterocycles. The first-order valence-corrected chi connectivity index (χ1v) is 5.01. The Morgan fingerprint density at radius 2 is 2.20 bits per heavy atom. The lowest BCUT2D eigenvalue weighted by atomic mass is 10.0. The number of hydrogen-bond acceptors (Lipinski definition) is 2. The molecule has 3 nitrogen and oxygen atoms in total. The fourth-order valence-corrected chi connectivity index (χ4v) is 1.38. The summed E-state index contributed by atoms with van der Waals surface area (Å²) in [5.74, 6) is 0.250. The molecule has 0 spiro atoms. The summed E-state index contributed by atoms with van der Waals surface area (Å²) < 4.78 is 5.09. The highest BCUT2D eigenvalue weighted by molar-refractivity contribution is 5.68. The van der Waals surface area contributed by atoms with E-state index in [9.17, 15) is 4.79 Å². The molecule has 1 aromatic rings. The first-order valence-electron chi connectivity index (χ1n) is 5.01. The average Bonchev–Trinajstić information content (AvgIpc) is 2.14. The summed E-state index contributed by atoms with van der Waals surface area (Å²) in [6.45, 7) is 4.00. The minimum atomic E-state index is -0.954. The number of aliphatic carboxylic acids is 1. The van der Waals surface area contributed by atoms with E-state index in [2.05, 4.69) is 13.8 Å². The van der Waals surface area contributed by atoms with Crippen molar-refractivity contribution < 1.29 is 14.6 Å². The number of carboxylic acid groups (broad SMARTS) is 1. The first-order chi connectivity index (χ1) is 7.08. The second kappa shape index (κ2) is 5.39. The van der Waals surface area contributed by atoms with Crippen LogP contribution in [0.2, 0.25) is 0 Å². The van der Waals surface area contributed by atoms with Crippen LogP contribution in [0.1, 0.15) is 19.4 Å². The SMILES string of the molecule is CC(C)Cc1cccc(OCC(=O)O)c1. The topological polar surface area (TPSA) is 46.5 Å². The lowest BCUT2D eigenvalue weighted by molar-refractivity contribution is -0.139. The Balaban J connectivity index is 2.61. The van der Waals surface area contributed by atoms with Crippen molar-refractivity contribution in [3.8, 4) is 5.75 Å². The van der Waals surface area contributed by atoms with E-state index in [1.165, 1.54) is 5.56 Å². The van der Waals surface area contributed by atoms with Crippen molar-refractivity contribution in [1.29, 1.82) is 0 Å². The third-order valence-electron chi connectivity index (χ3n) is 1.90. The summed E-state index contributed by atoms with van der Waals surface area (Å²) >= 11 is 0. The molecule has 0 unspecified atom stereocenters. The van der Waals surface area contributed by atoms with Crippen LogP contribution in [0.25, 0.3) is 0 Å². The maximum Gasteiger partial charge on any atom is 0.341 e. The van der Waals surface area contributed by atoms with Gasteiger partial charge in [0.25, 0.3) is 0 Å². The van der Waals surface area contributed by atoms with E-state index in [0.29, 0.717) is 11.7 Å². The number of ether oxygens (including phenoxy) is 1. The van der Waals surface area contributed by atoms with Gasteiger partial charge in [0, 0.05) is 0 Å². The summed E-state index contributed by atoms with van der Waals surface area (Å²) in [5, 5.41) is 8.46. The smallest absolute Gasteiger partial charge is 0.341 e. The van der Waals surface area contributed by atoms with Crippen LogP contribution in [0.15, 0.2) is 24.3 Å². The molecule has 0 saturated heterocycles. The molecule has 0 aliphatic rings. The molecular formula is C12H16O3. The second-order valence-electron chi connectivity index (χ2n) is 3.93. The van der Waals surface area contributed by atoms with Crippen LogP contribution >= 0.6 is 0 Å². The predicted octanol–water partition coefficient (Wildman–Crippen LogP) is 2.35. The van der Waals surface area contributed by atoms with Crippen molar-refractivity contribution in [3.63, 3.8) is 0 Å². The molecule has 0 heterocycles. The lowest BCUT2D eigenvalue weighted by Gasteiger charge is -2.07. The van der Waals surface area contributed by atoms with Gasteiger partial charge in [-0.3, -0.25) is 0 Å². The lowest BCUT2D eigenvalue weighted by Crippen LogP contribution is -2.09. The Labute approximate surface area is 89.7 Å². The number of hydrogen-bond donors (Lipinski definition) is 1. The number of carboxylic acids is 1. The molecule has 0 fully saturated rings. The third-order valence-corrected chi connectivity index (χ3v) is 1.90. The van der Waals surface area contributed by atoms with Gasteiger partial charge in [-0.25, -0.2) is 4.79 Å². The van der Waals surface area contributed by atoms with Gasteiger partial charge in [-0.05, 0) is 30.0 Å². The van der Waals surface area contributed by atoms with E-state index < -0.39 is 5.97 Å². The molecule has 0 amide bonds. The molecule has 0 radical (unpaired) electrons. The fourth-order valence-electron chi connectivity index (χ4n) is 1.38. The highest BCUT2D eigenvalue weighted by Gasteiger charge is 2.02. The zero-order valence-corrected chi connectivity index (χ0v) is 9.06. The van der Waals surface area contributed by atoms with Crippen LogP contribution in [-0.2, 0) is 11.2 Å². The van der Waals surface area contributed by atoms with E-state index in [1.54, 1.807) is 6.07 Å². The molecule has 1 aromatic carbocycles. The molecule has 82 valence electrons. The molecule has 1 rings (SSSR count). The third kappa shape index (κ3) is 4.49. The van der Waals surface area contributed by atoms with Crippen molar-refractivity contribution >= 4 is 5.97 Å². The van der Waals surface area contributed by atoms with Crippen molar-refractivity contribution in [3.05, 3.63) is 29.8 Å². The zero-order valence-electron chi connectivity index (χ0n) is 9.06. The van der Waals surface area contributed by atoms with E-state index >= 15 is 0 Å². The van der Waals surface area contributed by atoms with Crippen molar-refractivity contribution in [1.82, 2.24) is 0 Å². The molecule has 3 heteroatoms. The van der Waals surface area contributed by atoms with Crippen LogP contribution in [0.5, 0.6) is 5.75 Å². The molecule has 0 atom stereocenters. The summed E-state index contributed by atoms with van der Waals surface area (Å²) in [5.41, 5.74) is 1.17. The van der Waals surface area contributed by atoms with Crippen molar-refractivity contribution in [2.75, 3.05) is 6.61 Å². The quantitative estimate of drug-likeness (QED) is 0.807. The van der Waals surface area contributed by atoms with Crippen molar-refractivity contribution in [2.24, 2.45) is 5.92 Å². The Morgan fingerprint density at radius 3 is 2.80 bits per heavy atom. The minimum Gasteiger partial charge on any atom is -0.482 e. The normalized spacial score (nSPS) is 10.3. The van der Waals surface area contributed by atoms with E-state index in [0.717, 1.165) is 6.42 Å². The van der Waals surface area contributed by atoms with Crippen LogP contribution in [0, 0.1) is 5.92 Å². The van der Waals surface area contributed by atoms with Crippen LogP contribution in [0.3, 0.4) is 0 Å². The van der Waals surface area contributed by atoms with Crippen LogP contribution in [-0.4, -0.2) is 17.7 Å². The standard InChI is InChI=1S/C12H16O3/c1-9(2)6-10-4-3-5-11(7-10)15-8-12(13)14/h3-5,7,9H,6,8H2,1-2H3,(H,13,14). The fraction of sp³-hybridized carbons (Fsp3) is 0.417. The Kier molecular flexibility index (Phi) is 4.16. The molecule has 0 bridgehead atoms. The van der Waals surface area contributed by atoms with Gasteiger partial charge in [0.1, 0.15) is 5.75 Å². The van der Waals surface area contributed by atoms with Crippen molar-refractivity contribution in [2.45, 2.75) is 20.3 Å². The maximum absolute atomic E-state index is 10.3. The molecule has 1 N–H and O–H groups in total. The van der Waals surface area contributed by atoms with Gasteiger partial charge in [-0.1, -0.05) is 26.0 Å². The van der Waals surface area contributed by atoms with Gasteiger partial charge < -0.3 is 9.84 Å². The van der Waals surface area contributed by atoms with Gasteiger partial charge in [-0.15, -0.1) is 0 Å². The van der Waals surface area contributed by atoms with Gasteiger partial charge in [0.05, 0.1) is 0 Å². The summed E-state index contributed by atoms with van der Waals surface area (Å²) in [4.78, 5) is 10.3. The second-order valence-corrected chi connectivity index (χ2v) is 3.93. The molecule has 15 heavy (non-hydrogen) atoms. The summed E-state index contributed by atoms with van der Waals surface area (Å²) in [6, 6.07) is 7.57. The average molecular weight is 208 g/mol. The zero-order chi connectivity index (χ0) is 11.3. The predicted molar refractivity (Wildman–Crippen MR) is 58.1 cm³/mol. The molecular weight excluding hydrogens is 192 g/mol. The number of benzene rings is 1. The molecule has 0 saturated carbocycles. The maximum atomic E-state index is 10.3. The number of rotatable bonds is 5. The first kappa shape index (κ1) is 11.6. The number of carbonyl (C=O) groups is 1. The highest BCUT2D eigenvalue weighted by Crippen LogP contribution is 2.16. The Bertz CT molecular complexity index is 331. The van der Waals surface area contributed by atoms with Gasteiger partial charge in [0.15, 0.2) is 6.61 Å². The van der Waals surface area contributed by atoms with Gasteiger partial charge in [0.2, 0.25) is 0 Å². The molecule has 0 aliphatic carbocycles. The Hall–Kier alpha value is -1.51. The summed E-state index contributed by atoms with van der Waals surface area (Å²) in [6.07, 6.45) is 0.976. The Morgan fingerprint density at radius 1 is 1.47 bits per heavy atom.